The van der Waals surface area contributed by atoms with Crippen molar-refractivity contribution in [1.82, 2.24) is 65.4 Å². The number of fused-ring (bicyclic) bond motifs is 1. The molecule has 580 valence electrons. The van der Waals surface area contributed by atoms with E-state index < -0.39 is 179 Å². The average molecular weight is 1490 g/mol. The van der Waals surface area contributed by atoms with Gasteiger partial charge in [0.2, 0.25) is 65.0 Å². The van der Waals surface area contributed by atoms with E-state index in [0.717, 1.165) is 51.0 Å². The van der Waals surface area contributed by atoms with Crippen molar-refractivity contribution < 1.29 is 80.2 Å². The van der Waals surface area contributed by atoms with E-state index in [-0.39, 0.29) is 94.4 Å². The van der Waals surface area contributed by atoms with Crippen LogP contribution in [-0.2, 0) is 79.7 Å². The number of likely N-dealkylation sites (N-methyl/N-ethyl adjacent to an activating group) is 6. The zero-order valence-electron chi connectivity index (χ0n) is 62.7. The summed E-state index contributed by atoms with van der Waals surface area (Å²) in [6.45, 7) is 11.2. The van der Waals surface area contributed by atoms with Crippen molar-refractivity contribution in [1.29, 1.82) is 0 Å². The van der Waals surface area contributed by atoms with Crippen LogP contribution in [0.5, 0.6) is 0 Å². The molecule has 7 rings (SSSR count). The molecule has 4 aliphatic heterocycles. The number of hydrogen-bond donors (Lipinski definition) is 4. The van der Waals surface area contributed by atoms with Crippen LogP contribution in [0.3, 0.4) is 0 Å². The summed E-state index contributed by atoms with van der Waals surface area (Å²) in [5.74, 6) is -11.2. The number of Topliss-reactive ketones (excluding diaryl/α,β-unsaturated/α-hetero) is 1. The third-order valence-corrected chi connectivity index (χ3v) is 22.5. The second kappa shape index (κ2) is 37.2. The summed E-state index contributed by atoms with van der Waals surface area (Å²) in [7, 11) is 7.92. The van der Waals surface area contributed by atoms with Crippen LogP contribution in [0.25, 0.3) is 0 Å². The minimum atomic E-state index is -4.79. The smallest absolute Gasteiger partial charge is 0.378 e. The Labute approximate surface area is 614 Å². The number of nitrogens with zero attached hydrogens (tertiary/aromatic N) is 9. The van der Waals surface area contributed by atoms with Gasteiger partial charge in [-0.05, 0) is 86.3 Å². The van der Waals surface area contributed by atoms with E-state index >= 15 is 28.8 Å². The van der Waals surface area contributed by atoms with Crippen LogP contribution in [0.4, 0.5) is 13.2 Å². The number of carbonyl (C=O) groups is 13. The number of ether oxygens (including phenoxy) is 1. The van der Waals surface area contributed by atoms with Crippen molar-refractivity contribution in [3.05, 3.63) is 34.3 Å². The lowest BCUT2D eigenvalue weighted by atomic mass is 9.84. The lowest BCUT2D eigenvalue weighted by Crippen LogP contribution is -2.65. The fraction of sp³-hybridized carbons (Fsp3) is 0.740. The zero-order valence-corrected chi connectivity index (χ0v) is 63.5. The summed E-state index contributed by atoms with van der Waals surface area (Å²) < 4.78 is 47.1. The molecule has 6 fully saturated rings. The van der Waals surface area contributed by atoms with Crippen LogP contribution < -0.4 is 21.3 Å². The van der Waals surface area contributed by atoms with E-state index in [4.69, 9.17) is 16.3 Å². The van der Waals surface area contributed by atoms with Gasteiger partial charge in [-0.1, -0.05) is 117 Å². The fourth-order valence-electron chi connectivity index (χ4n) is 15.2. The minimum absolute atomic E-state index is 0.0146. The van der Waals surface area contributed by atoms with E-state index in [1.807, 2.05) is 20.8 Å². The highest BCUT2D eigenvalue weighted by Gasteiger charge is 2.51. The summed E-state index contributed by atoms with van der Waals surface area (Å²) in [5.41, 5.74) is -2.47. The normalized spacial score (nSPS) is 26.5. The van der Waals surface area contributed by atoms with Gasteiger partial charge in [-0.15, -0.1) is 0 Å². The highest BCUT2D eigenvalue weighted by molar-refractivity contribution is 6.31. The van der Waals surface area contributed by atoms with Crippen molar-refractivity contribution >= 4 is 88.3 Å². The molecule has 1 spiro atoms. The third-order valence-electron chi connectivity index (χ3n) is 22.2. The van der Waals surface area contributed by atoms with Crippen LogP contribution in [0.15, 0.2) is 18.2 Å². The summed E-state index contributed by atoms with van der Waals surface area (Å²) in [6.07, 6.45) is 0.444. The quantitative estimate of drug-likeness (QED) is 0.193. The van der Waals surface area contributed by atoms with Gasteiger partial charge in [0, 0.05) is 81.4 Å². The van der Waals surface area contributed by atoms with E-state index in [1.54, 1.807) is 25.7 Å². The first-order valence-electron chi connectivity index (χ1n) is 37.1. The second-order valence-corrected chi connectivity index (χ2v) is 30.7. The number of nitrogens with one attached hydrogen (secondary N) is 4. The molecule has 0 bridgehead atoms. The summed E-state index contributed by atoms with van der Waals surface area (Å²) >= 11 is 6.14. The zero-order chi connectivity index (χ0) is 76.8. The maximum atomic E-state index is 15.5. The average Bonchev–Trinajstić information content (AvgIpc) is 1.55. The molecule has 31 heteroatoms. The molecule has 4 N–H and O–H groups in total. The summed E-state index contributed by atoms with van der Waals surface area (Å²) in [4.78, 5) is 204. The lowest BCUT2D eigenvalue weighted by Gasteiger charge is -2.43. The van der Waals surface area contributed by atoms with E-state index in [1.165, 1.54) is 63.1 Å². The van der Waals surface area contributed by atoms with Crippen molar-refractivity contribution in [3.63, 3.8) is 0 Å². The number of alkyl halides is 3. The molecule has 1 aromatic rings. The number of piperazine rings is 1. The number of carbonyl (C=O) groups excluding carboxylic acids is 13. The van der Waals surface area contributed by atoms with E-state index in [0.29, 0.717) is 64.8 Å². The van der Waals surface area contributed by atoms with Crippen LogP contribution in [0.1, 0.15) is 162 Å². The first-order chi connectivity index (χ1) is 49.0. The molecule has 0 radical (unpaired) electrons. The van der Waals surface area contributed by atoms with Crippen LogP contribution >= 0.6 is 11.6 Å². The lowest BCUT2D eigenvalue weighted by molar-refractivity contribution is -0.152. The Morgan fingerprint density at radius 2 is 1.28 bits per heavy atom. The van der Waals surface area contributed by atoms with Gasteiger partial charge < -0.3 is 65.2 Å². The molecule has 9 atom stereocenters. The Bertz CT molecular complexity index is 3290. The van der Waals surface area contributed by atoms with Crippen molar-refractivity contribution in [2.24, 2.45) is 23.7 Å². The van der Waals surface area contributed by atoms with Crippen molar-refractivity contribution in [3.8, 4) is 0 Å². The molecule has 104 heavy (non-hydrogen) atoms. The van der Waals surface area contributed by atoms with Gasteiger partial charge in [0.05, 0.1) is 55.9 Å². The first-order valence-corrected chi connectivity index (χ1v) is 37.4. The molecule has 1 unspecified atom stereocenters. The Hall–Kier alpha value is -7.47. The molecular formula is C73H111ClF3N13O14. The van der Waals surface area contributed by atoms with Gasteiger partial charge in [0.25, 0.3) is 5.91 Å². The molecule has 6 aliphatic rings. The maximum absolute atomic E-state index is 15.5. The third kappa shape index (κ3) is 21.0. The van der Waals surface area contributed by atoms with Crippen molar-refractivity contribution in [2.75, 3.05) is 108 Å². The number of ketones is 1. The van der Waals surface area contributed by atoms with Crippen LogP contribution in [0, 0.1) is 23.7 Å². The fourth-order valence-corrected chi connectivity index (χ4v) is 15.5. The summed E-state index contributed by atoms with van der Waals surface area (Å²) in [5, 5.41) is 10.8. The largest absolute Gasteiger partial charge is 0.417 e. The van der Waals surface area contributed by atoms with Gasteiger partial charge in [-0.2, -0.15) is 13.2 Å². The highest BCUT2D eigenvalue weighted by atomic mass is 35.5. The van der Waals surface area contributed by atoms with Gasteiger partial charge in [0.1, 0.15) is 41.8 Å². The topological polar surface area (TPSA) is 308 Å². The van der Waals surface area contributed by atoms with Gasteiger partial charge in [-0.3, -0.25) is 67.2 Å². The maximum Gasteiger partial charge on any atom is 0.417 e. The molecule has 4 saturated heterocycles. The monoisotopic (exact) mass is 1490 g/mol. The van der Waals surface area contributed by atoms with Crippen LogP contribution in [-0.4, -0.2) is 283 Å². The minimum Gasteiger partial charge on any atom is -0.378 e. The Kier molecular flexibility index (Phi) is 30.0. The van der Waals surface area contributed by atoms with E-state index in [9.17, 15) is 46.7 Å². The second-order valence-electron chi connectivity index (χ2n) is 30.2. The molecule has 1 aromatic carbocycles. The predicted molar refractivity (Wildman–Crippen MR) is 379 cm³/mol. The van der Waals surface area contributed by atoms with Gasteiger partial charge in [0.15, 0.2) is 11.8 Å². The van der Waals surface area contributed by atoms with E-state index in [2.05, 4.69) is 26.2 Å². The Balaban J connectivity index is 1.27. The highest BCUT2D eigenvalue weighted by Crippen LogP contribution is 2.37. The molecule has 4 heterocycles. The number of aryl methyl sites for hydroxylation is 1. The number of halogens is 4. The molecule has 0 aromatic heterocycles. The molecule has 2 saturated carbocycles. The molecular weight excluding hydrogens is 1380 g/mol. The number of rotatable bonds is 14. The van der Waals surface area contributed by atoms with Crippen molar-refractivity contribution in [2.45, 2.75) is 217 Å². The number of hydrogen-bond acceptors (Lipinski definition) is 15. The standard InChI is InChI=1S/C73H111ClF3N13O14/c1-13-45(5)61-69(101)84(9)40-59(94)82(7)41-60(95)86(11)63(56(91)37-47-21-16-15-17-22-47)70(102)83(8)39-57(92)78-52(27-25-48-24-26-50(51(74)36-48)73(75,76)77)68(100)90-30-20-23-54(90)65(97)81-72(28-18-19-29-72)71(103)87(12)62(46(6)14-2)66(98)79-53(38-58(93)85(10)55(35-44(3)4)64(96)80-61)67(99)89-33-31-88(32-34-89)49-42-104-43-49/h24,26,36,44-47,49,52-55,61-63H,13-23,25,27-35,37-43H2,1-12H3,(H,78,92)(H,79,98)(H,80,96)(H,81,97)/t45-,46-,52-,53-,54?,55-,61-,62-,63-/m0/s1. The Morgan fingerprint density at radius 1 is 0.654 bits per heavy atom. The van der Waals surface area contributed by atoms with Gasteiger partial charge >= 0.3 is 6.18 Å². The van der Waals surface area contributed by atoms with Gasteiger partial charge in [-0.25, -0.2) is 0 Å². The first kappa shape index (κ1) is 83.8. The molecule has 12 amide bonds. The SMILES string of the molecule is CC[C@H](C)[C@@H]1NC(=O)[C@H](CC(C)C)N(C)C(=O)C[C@@H](C(=O)N2CCN(C3COC3)CC2)NC(=O)[C@H]([C@@H](C)CC)N(C)C(=O)C2(CCCC2)NC(=O)C2CCCN2C(=O)[C@H](CCc2ccc(C(F)(F)F)c(Cl)c2)NC(=O)CN(C)C(=O)[C@H](C(=O)CC2CCCCC2)N(C)C(=O)CN(C)C(=O)CN(C)C1=O. The number of benzene rings is 1. The Morgan fingerprint density at radius 3 is 1.87 bits per heavy atom. The number of amides is 12. The predicted octanol–water partition coefficient (Wildman–Crippen LogP) is 3.65. The summed E-state index contributed by atoms with van der Waals surface area (Å²) in [6, 6.07) is -6.65. The van der Waals surface area contributed by atoms with Crippen LogP contribution in [0.2, 0.25) is 5.02 Å². The molecule has 27 nitrogen and oxygen atoms in total. The molecule has 2 aliphatic carbocycles.